The summed E-state index contributed by atoms with van der Waals surface area (Å²) in [4.78, 5) is 23.3. The van der Waals surface area contributed by atoms with Crippen LogP contribution < -0.4 is 10.6 Å². The summed E-state index contributed by atoms with van der Waals surface area (Å²) in [6.45, 7) is 2.11. The lowest BCUT2D eigenvalue weighted by atomic mass is 10.1. The summed E-state index contributed by atoms with van der Waals surface area (Å²) < 4.78 is 18.3. The van der Waals surface area contributed by atoms with Crippen molar-refractivity contribution >= 4 is 11.8 Å². The number of hydrogen-bond donors (Lipinski definition) is 2. The summed E-state index contributed by atoms with van der Waals surface area (Å²) in [5.41, 5.74) is 0.729. The second-order valence-corrected chi connectivity index (χ2v) is 4.45. The lowest BCUT2D eigenvalue weighted by molar-refractivity contribution is 0.0910. The van der Waals surface area contributed by atoms with Gasteiger partial charge in [0, 0.05) is 18.7 Å². The highest BCUT2D eigenvalue weighted by Crippen LogP contribution is 2.08. The molecule has 110 valence electrons. The van der Waals surface area contributed by atoms with Crippen molar-refractivity contribution in [2.24, 2.45) is 0 Å². The molecule has 2 N–H and O–H groups in total. The molecule has 1 aromatic carbocycles. The van der Waals surface area contributed by atoms with Crippen molar-refractivity contribution in [2.45, 2.75) is 6.92 Å². The van der Waals surface area contributed by atoms with Gasteiger partial charge in [0.1, 0.15) is 5.82 Å². The molecule has 5 nitrogen and oxygen atoms in total. The predicted molar refractivity (Wildman–Crippen MR) is 74.5 cm³/mol. The number of halogens is 1. The summed E-state index contributed by atoms with van der Waals surface area (Å²) in [7, 11) is 0. The smallest absolute Gasteiger partial charge is 0.287 e. The van der Waals surface area contributed by atoms with Crippen LogP contribution in [0.5, 0.6) is 0 Å². The Balaban J connectivity index is 1.77. The average molecular weight is 290 g/mol. The van der Waals surface area contributed by atoms with Gasteiger partial charge in [-0.3, -0.25) is 9.59 Å². The fourth-order valence-electron chi connectivity index (χ4n) is 1.68. The minimum absolute atomic E-state index is 0.210. The van der Waals surface area contributed by atoms with Gasteiger partial charge < -0.3 is 15.1 Å². The Bertz CT molecular complexity index is 638. The number of carbonyl (C=O) groups is 2. The molecule has 1 heterocycles. The van der Waals surface area contributed by atoms with Crippen molar-refractivity contribution in [3.8, 4) is 0 Å². The molecule has 6 heteroatoms. The number of nitrogens with one attached hydrogen (secondary N) is 2. The first kappa shape index (κ1) is 14.8. The summed E-state index contributed by atoms with van der Waals surface area (Å²) in [5.74, 6) is -0.951. The molecule has 0 saturated heterocycles. The van der Waals surface area contributed by atoms with E-state index in [9.17, 15) is 14.0 Å². The van der Waals surface area contributed by atoms with Gasteiger partial charge in [-0.15, -0.1) is 0 Å². The molecule has 0 spiro atoms. The lowest BCUT2D eigenvalue weighted by Gasteiger charge is -2.07. The first-order valence-corrected chi connectivity index (χ1v) is 6.44. The number of hydrogen-bond acceptors (Lipinski definition) is 3. The number of furan rings is 1. The van der Waals surface area contributed by atoms with Gasteiger partial charge in [0.15, 0.2) is 5.76 Å². The minimum Gasteiger partial charge on any atom is -0.459 e. The van der Waals surface area contributed by atoms with Gasteiger partial charge in [-0.1, -0.05) is 6.07 Å². The van der Waals surface area contributed by atoms with Crippen LogP contribution in [0.25, 0.3) is 0 Å². The Hall–Kier alpha value is -2.63. The van der Waals surface area contributed by atoms with Crippen LogP contribution in [0, 0.1) is 12.7 Å². The van der Waals surface area contributed by atoms with E-state index in [-0.39, 0.29) is 36.2 Å². The third-order valence-corrected chi connectivity index (χ3v) is 2.88. The second kappa shape index (κ2) is 6.69. The maximum atomic E-state index is 13.3. The molecular weight excluding hydrogens is 275 g/mol. The number of rotatable bonds is 5. The molecule has 0 aliphatic rings. The maximum absolute atomic E-state index is 13.3. The molecule has 0 unspecified atom stereocenters. The Morgan fingerprint density at radius 1 is 1.14 bits per heavy atom. The van der Waals surface area contributed by atoms with Crippen LogP contribution >= 0.6 is 0 Å². The van der Waals surface area contributed by atoms with Gasteiger partial charge in [0.2, 0.25) is 0 Å². The van der Waals surface area contributed by atoms with E-state index in [4.69, 9.17) is 4.42 Å². The molecule has 0 saturated carbocycles. The zero-order valence-corrected chi connectivity index (χ0v) is 11.5. The SMILES string of the molecule is Cc1ccc(C(=O)NCCNC(=O)c2ccco2)cc1F. The van der Waals surface area contributed by atoms with E-state index in [1.807, 2.05) is 0 Å². The van der Waals surface area contributed by atoms with E-state index in [1.54, 1.807) is 31.2 Å². The molecular formula is C15H15FN2O3. The van der Waals surface area contributed by atoms with Crippen molar-refractivity contribution in [3.63, 3.8) is 0 Å². The minimum atomic E-state index is -0.422. The Morgan fingerprint density at radius 2 is 1.86 bits per heavy atom. The van der Waals surface area contributed by atoms with Crippen LogP contribution in [0.4, 0.5) is 4.39 Å². The molecule has 0 atom stereocenters. The average Bonchev–Trinajstić information content (AvgIpc) is 3.00. The van der Waals surface area contributed by atoms with Crippen LogP contribution in [0.3, 0.4) is 0 Å². The molecule has 1 aromatic heterocycles. The zero-order chi connectivity index (χ0) is 15.2. The molecule has 0 radical (unpaired) electrons. The Labute approximate surface area is 121 Å². The fourth-order valence-corrected chi connectivity index (χ4v) is 1.68. The molecule has 0 bridgehead atoms. The summed E-state index contributed by atoms with van der Waals surface area (Å²) >= 11 is 0. The van der Waals surface area contributed by atoms with E-state index in [1.165, 1.54) is 12.3 Å². The van der Waals surface area contributed by atoms with E-state index in [2.05, 4.69) is 10.6 Å². The van der Waals surface area contributed by atoms with E-state index in [0.29, 0.717) is 5.56 Å². The lowest BCUT2D eigenvalue weighted by Crippen LogP contribution is -2.34. The van der Waals surface area contributed by atoms with Crippen molar-refractivity contribution in [1.82, 2.24) is 10.6 Å². The van der Waals surface area contributed by atoms with E-state index < -0.39 is 5.82 Å². The molecule has 0 aliphatic heterocycles. The van der Waals surface area contributed by atoms with Gasteiger partial charge in [0.25, 0.3) is 11.8 Å². The highest BCUT2D eigenvalue weighted by molar-refractivity contribution is 5.94. The standard InChI is InChI=1S/C15H15FN2O3/c1-10-4-5-11(9-12(10)16)14(19)17-6-7-18-15(20)13-3-2-8-21-13/h2-5,8-9H,6-7H2,1H3,(H,17,19)(H,18,20). The number of amides is 2. The van der Waals surface area contributed by atoms with Gasteiger partial charge in [-0.2, -0.15) is 0 Å². The van der Waals surface area contributed by atoms with Crippen LogP contribution in [0.15, 0.2) is 41.0 Å². The molecule has 0 fully saturated rings. The number of aryl methyl sites for hydroxylation is 1. The molecule has 0 aliphatic carbocycles. The third-order valence-electron chi connectivity index (χ3n) is 2.88. The Kier molecular flexibility index (Phi) is 4.71. The van der Waals surface area contributed by atoms with Crippen LogP contribution in [0.2, 0.25) is 0 Å². The quantitative estimate of drug-likeness (QED) is 0.826. The normalized spacial score (nSPS) is 10.2. The maximum Gasteiger partial charge on any atom is 0.287 e. The van der Waals surface area contributed by atoms with Crippen molar-refractivity contribution in [2.75, 3.05) is 13.1 Å². The highest BCUT2D eigenvalue weighted by Gasteiger charge is 2.09. The number of carbonyl (C=O) groups excluding carboxylic acids is 2. The van der Waals surface area contributed by atoms with Crippen LogP contribution in [0.1, 0.15) is 26.5 Å². The third kappa shape index (κ3) is 3.92. The zero-order valence-electron chi connectivity index (χ0n) is 11.5. The largest absolute Gasteiger partial charge is 0.459 e. The first-order valence-electron chi connectivity index (χ1n) is 6.44. The summed E-state index contributed by atoms with van der Waals surface area (Å²) in [6.07, 6.45) is 1.41. The highest BCUT2D eigenvalue weighted by atomic mass is 19.1. The van der Waals surface area contributed by atoms with Crippen molar-refractivity contribution in [3.05, 3.63) is 59.3 Å². The van der Waals surface area contributed by atoms with Crippen molar-refractivity contribution in [1.29, 1.82) is 0 Å². The molecule has 2 aromatic rings. The number of benzene rings is 1. The second-order valence-electron chi connectivity index (χ2n) is 4.45. The fraction of sp³-hybridized carbons (Fsp3) is 0.200. The van der Waals surface area contributed by atoms with Crippen LogP contribution in [-0.4, -0.2) is 24.9 Å². The van der Waals surface area contributed by atoms with Gasteiger partial charge in [-0.05, 0) is 36.8 Å². The molecule has 2 rings (SSSR count). The Morgan fingerprint density at radius 3 is 2.48 bits per heavy atom. The van der Waals surface area contributed by atoms with E-state index >= 15 is 0 Å². The van der Waals surface area contributed by atoms with Crippen molar-refractivity contribution < 1.29 is 18.4 Å². The topological polar surface area (TPSA) is 71.3 Å². The van der Waals surface area contributed by atoms with Gasteiger partial charge in [-0.25, -0.2) is 4.39 Å². The van der Waals surface area contributed by atoms with E-state index in [0.717, 1.165) is 0 Å². The van der Waals surface area contributed by atoms with Gasteiger partial charge >= 0.3 is 0 Å². The molecule has 21 heavy (non-hydrogen) atoms. The first-order chi connectivity index (χ1) is 10.1. The predicted octanol–water partition coefficient (Wildman–Crippen LogP) is 1.89. The summed E-state index contributed by atoms with van der Waals surface area (Å²) in [5, 5.41) is 5.19. The van der Waals surface area contributed by atoms with Gasteiger partial charge in [0.05, 0.1) is 6.26 Å². The molecule has 2 amide bonds. The van der Waals surface area contributed by atoms with Crippen LogP contribution in [-0.2, 0) is 0 Å². The monoisotopic (exact) mass is 290 g/mol. The summed E-state index contributed by atoms with van der Waals surface area (Å²) in [6, 6.07) is 7.44.